The third-order valence-electron chi connectivity index (χ3n) is 3.24. The van der Waals surface area contributed by atoms with Crippen LogP contribution in [0.2, 0.25) is 0 Å². The molecule has 0 unspecified atom stereocenters. The van der Waals surface area contributed by atoms with Gasteiger partial charge in [-0.3, -0.25) is 9.79 Å². The highest BCUT2D eigenvalue weighted by Gasteiger charge is 2.24. The van der Waals surface area contributed by atoms with E-state index in [0.29, 0.717) is 13.0 Å². The lowest BCUT2D eigenvalue weighted by Crippen LogP contribution is -2.37. The van der Waals surface area contributed by atoms with E-state index in [1.54, 1.807) is 16.7 Å². The Morgan fingerprint density at radius 1 is 1.50 bits per heavy atom. The van der Waals surface area contributed by atoms with Crippen LogP contribution in [0.15, 0.2) is 29.3 Å². The number of rotatable bonds is 5. The van der Waals surface area contributed by atoms with Crippen LogP contribution in [-0.2, 0) is 4.79 Å². The number of aryl methyl sites for hydroxylation is 1. The molecule has 1 aliphatic heterocycles. The highest BCUT2D eigenvalue weighted by atomic mass is 32.2. The van der Waals surface area contributed by atoms with Gasteiger partial charge in [0.15, 0.2) is 0 Å². The predicted molar refractivity (Wildman–Crippen MR) is 95.6 cm³/mol. The van der Waals surface area contributed by atoms with Gasteiger partial charge in [0.2, 0.25) is 5.91 Å². The van der Waals surface area contributed by atoms with E-state index in [0.717, 1.165) is 27.9 Å². The lowest BCUT2D eigenvalue weighted by Gasteiger charge is -2.25. The minimum Gasteiger partial charge on any atom is -0.310 e. The maximum Gasteiger partial charge on any atom is 0.240 e. The average Bonchev–Trinajstić information content (AvgIpc) is 3.02. The van der Waals surface area contributed by atoms with Crippen LogP contribution >= 0.6 is 23.5 Å². The molecule has 116 valence electrons. The summed E-state index contributed by atoms with van der Waals surface area (Å²) < 4.78 is 0.991. The highest BCUT2D eigenvalue weighted by molar-refractivity contribution is 8.39. The predicted octanol–water partition coefficient (Wildman–Crippen LogP) is 3.47. The molecule has 0 saturated carbocycles. The van der Waals surface area contributed by atoms with Gasteiger partial charge in [-0.05, 0) is 26.0 Å². The van der Waals surface area contributed by atoms with Crippen LogP contribution in [0.4, 0.5) is 5.69 Å². The van der Waals surface area contributed by atoms with Gasteiger partial charge in [-0.2, -0.15) is 5.26 Å². The van der Waals surface area contributed by atoms with Crippen molar-refractivity contribution in [2.45, 2.75) is 25.5 Å². The van der Waals surface area contributed by atoms with Crippen molar-refractivity contribution in [3.8, 4) is 6.07 Å². The van der Waals surface area contributed by atoms with Gasteiger partial charge in [-0.15, -0.1) is 0 Å². The number of hydrogen-bond acceptors (Lipinski definition) is 5. The lowest BCUT2D eigenvalue weighted by atomic mass is 10.2. The lowest BCUT2D eigenvalue weighted by molar-refractivity contribution is -0.117. The van der Waals surface area contributed by atoms with Crippen molar-refractivity contribution in [1.29, 1.82) is 5.26 Å². The van der Waals surface area contributed by atoms with Gasteiger partial charge in [-0.25, -0.2) is 0 Å². The fourth-order valence-corrected chi connectivity index (χ4v) is 4.25. The third kappa shape index (κ3) is 4.52. The van der Waals surface area contributed by atoms with Crippen LogP contribution < -0.4 is 4.90 Å². The summed E-state index contributed by atoms with van der Waals surface area (Å²) in [6, 6.07) is 9.95. The Labute approximate surface area is 140 Å². The summed E-state index contributed by atoms with van der Waals surface area (Å²) in [4.78, 5) is 18.8. The Hall–Kier alpha value is -1.45. The first-order chi connectivity index (χ1) is 10.6. The van der Waals surface area contributed by atoms with E-state index >= 15 is 0 Å². The molecule has 1 aromatic carbocycles. The molecular weight excluding hydrogens is 314 g/mol. The van der Waals surface area contributed by atoms with Gasteiger partial charge in [-0.1, -0.05) is 41.2 Å². The van der Waals surface area contributed by atoms with E-state index in [-0.39, 0.29) is 11.2 Å². The molecular formula is C16H19N3OS2. The molecule has 0 aromatic heterocycles. The van der Waals surface area contributed by atoms with Gasteiger partial charge in [0.1, 0.15) is 4.38 Å². The zero-order valence-electron chi connectivity index (χ0n) is 12.8. The number of aliphatic imine (C=N–C) groups is 1. The van der Waals surface area contributed by atoms with Crippen molar-refractivity contribution >= 4 is 39.5 Å². The molecule has 1 atom stereocenters. The Balaban J connectivity index is 2.11. The summed E-state index contributed by atoms with van der Waals surface area (Å²) in [5.41, 5.74) is 2.00. The SMILES string of the molecule is Cc1ccc(N(CCC#N)C(=O)[C@@H](C)SC2=NCCS2)cc1. The maximum absolute atomic E-state index is 12.8. The van der Waals surface area contributed by atoms with Crippen LogP contribution in [0.3, 0.4) is 0 Å². The largest absolute Gasteiger partial charge is 0.310 e. The second kappa shape index (κ2) is 8.25. The van der Waals surface area contributed by atoms with E-state index in [4.69, 9.17) is 5.26 Å². The van der Waals surface area contributed by atoms with Crippen LogP contribution in [0.25, 0.3) is 0 Å². The quantitative estimate of drug-likeness (QED) is 0.828. The van der Waals surface area contributed by atoms with Crippen molar-refractivity contribution < 1.29 is 4.79 Å². The molecule has 0 saturated heterocycles. The van der Waals surface area contributed by atoms with Gasteiger partial charge in [0, 0.05) is 18.0 Å². The Morgan fingerprint density at radius 2 is 2.23 bits per heavy atom. The number of carbonyl (C=O) groups excluding carboxylic acids is 1. The Bertz CT molecular complexity index is 592. The molecule has 1 aliphatic rings. The second-order valence-electron chi connectivity index (χ2n) is 4.99. The number of thioether (sulfide) groups is 2. The van der Waals surface area contributed by atoms with Crippen LogP contribution in [0.1, 0.15) is 18.9 Å². The monoisotopic (exact) mass is 333 g/mol. The summed E-state index contributed by atoms with van der Waals surface area (Å²) in [5, 5.41) is 8.64. The van der Waals surface area contributed by atoms with E-state index in [2.05, 4.69) is 11.1 Å². The summed E-state index contributed by atoms with van der Waals surface area (Å²) >= 11 is 3.22. The van der Waals surface area contributed by atoms with E-state index in [1.165, 1.54) is 11.8 Å². The molecule has 1 heterocycles. The third-order valence-corrected chi connectivity index (χ3v) is 5.53. The normalized spacial score (nSPS) is 15.0. The van der Waals surface area contributed by atoms with Crippen LogP contribution in [0.5, 0.6) is 0 Å². The smallest absolute Gasteiger partial charge is 0.240 e. The number of benzene rings is 1. The van der Waals surface area contributed by atoms with E-state index in [1.807, 2.05) is 38.1 Å². The summed E-state index contributed by atoms with van der Waals surface area (Å²) in [6.45, 7) is 5.17. The number of nitriles is 1. The summed E-state index contributed by atoms with van der Waals surface area (Å²) in [5.74, 6) is 1.03. The summed E-state index contributed by atoms with van der Waals surface area (Å²) in [7, 11) is 0. The van der Waals surface area contributed by atoms with Gasteiger partial charge in [0.25, 0.3) is 0 Å². The number of hydrogen-bond donors (Lipinski definition) is 0. The van der Waals surface area contributed by atoms with Crippen molar-refractivity contribution in [1.82, 2.24) is 0 Å². The standard InChI is InChI=1S/C16H19N3OS2/c1-12-4-6-14(7-5-12)19(10-3-8-17)15(20)13(2)22-16-18-9-11-21-16/h4-7,13H,3,9-11H2,1-2H3/t13-/m1/s1. The zero-order valence-corrected chi connectivity index (χ0v) is 14.4. The zero-order chi connectivity index (χ0) is 15.9. The first-order valence-corrected chi connectivity index (χ1v) is 9.07. The molecule has 4 nitrogen and oxygen atoms in total. The fourth-order valence-electron chi connectivity index (χ4n) is 2.06. The minimum atomic E-state index is -0.204. The molecule has 1 amide bonds. The molecule has 6 heteroatoms. The molecule has 0 aliphatic carbocycles. The summed E-state index contributed by atoms with van der Waals surface area (Å²) in [6.07, 6.45) is 0.326. The molecule has 0 radical (unpaired) electrons. The number of amides is 1. The number of anilines is 1. The second-order valence-corrected chi connectivity index (χ2v) is 7.66. The molecule has 1 aromatic rings. The fraction of sp³-hybridized carbons (Fsp3) is 0.438. The molecule has 0 fully saturated rings. The Kier molecular flexibility index (Phi) is 6.34. The van der Waals surface area contributed by atoms with Crippen molar-refractivity contribution in [2.75, 3.05) is 23.7 Å². The van der Waals surface area contributed by atoms with Gasteiger partial charge < -0.3 is 4.90 Å². The maximum atomic E-state index is 12.8. The van der Waals surface area contributed by atoms with Crippen LogP contribution in [0, 0.1) is 18.3 Å². The van der Waals surface area contributed by atoms with Crippen molar-refractivity contribution in [3.05, 3.63) is 29.8 Å². The Morgan fingerprint density at radius 3 is 2.82 bits per heavy atom. The van der Waals surface area contributed by atoms with E-state index < -0.39 is 0 Å². The van der Waals surface area contributed by atoms with E-state index in [9.17, 15) is 4.79 Å². The van der Waals surface area contributed by atoms with Gasteiger partial charge >= 0.3 is 0 Å². The number of carbonyl (C=O) groups is 1. The molecule has 22 heavy (non-hydrogen) atoms. The molecule has 0 spiro atoms. The topological polar surface area (TPSA) is 56.5 Å². The highest BCUT2D eigenvalue weighted by Crippen LogP contribution is 2.28. The first kappa shape index (κ1) is 16.9. The molecule has 2 rings (SSSR count). The average molecular weight is 333 g/mol. The number of nitrogens with zero attached hydrogens (tertiary/aromatic N) is 3. The van der Waals surface area contributed by atoms with Gasteiger partial charge in [0.05, 0.1) is 24.3 Å². The first-order valence-electron chi connectivity index (χ1n) is 7.20. The molecule has 0 bridgehead atoms. The van der Waals surface area contributed by atoms with Crippen molar-refractivity contribution in [2.24, 2.45) is 4.99 Å². The minimum absolute atomic E-state index is 0.0271. The van der Waals surface area contributed by atoms with Crippen LogP contribution in [-0.4, -0.2) is 34.4 Å². The van der Waals surface area contributed by atoms with Crippen molar-refractivity contribution in [3.63, 3.8) is 0 Å². The molecule has 0 N–H and O–H groups in total.